The lowest BCUT2D eigenvalue weighted by Crippen LogP contribution is -2.32. The maximum absolute atomic E-state index is 13.6. The Morgan fingerprint density at radius 3 is 2.76 bits per heavy atom. The number of carbonyl (C=O) groups is 1. The third-order valence-electron chi connectivity index (χ3n) is 4.40. The molecule has 2 aromatic rings. The minimum Gasteiger partial charge on any atom is -0.388 e. The van der Waals surface area contributed by atoms with Crippen LogP contribution in [0.15, 0.2) is 36.4 Å². The van der Waals surface area contributed by atoms with Gasteiger partial charge in [-0.2, -0.15) is 0 Å². The quantitative estimate of drug-likeness (QED) is 0.667. The molecule has 0 aromatic heterocycles. The predicted octanol–water partition coefficient (Wildman–Crippen LogP) is 3.52. The molecule has 0 saturated carbocycles. The van der Waals surface area contributed by atoms with Gasteiger partial charge in [-0.15, -0.1) is 0 Å². The molecule has 0 bridgehead atoms. The predicted molar refractivity (Wildman–Crippen MR) is 90.1 cm³/mol. The van der Waals surface area contributed by atoms with Crippen LogP contribution in [0.25, 0.3) is 0 Å². The zero-order valence-electron chi connectivity index (χ0n) is 13.6. The van der Waals surface area contributed by atoms with Crippen LogP contribution in [0, 0.1) is 22.9 Å². The highest BCUT2D eigenvalue weighted by molar-refractivity contribution is 6.07. The Labute approximate surface area is 143 Å². The molecule has 1 aliphatic heterocycles. The molecule has 0 fully saturated rings. The van der Waals surface area contributed by atoms with Gasteiger partial charge in [0.15, 0.2) is 0 Å². The second-order valence-electron chi connectivity index (χ2n) is 6.07. The Kier molecular flexibility index (Phi) is 4.50. The van der Waals surface area contributed by atoms with Crippen molar-refractivity contribution in [1.29, 1.82) is 0 Å². The van der Waals surface area contributed by atoms with E-state index >= 15 is 0 Å². The number of rotatable bonds is 2. The number of aliphatic hydroxyl groups excluding tert-OH is 1. The minimum absolute atomic E-state index is 0.0807. The van der Waals surface area contributed by atoms with Crippen LogP contribution in [0.1, 0.15) is 40.4 Å². The molecule has 7 heteroatoms. The fraction of sp³-hybridized carbons (Fsp3) is 0.278. The van der Waals surface area contributed by atoms with E-state index in [9.17, 15) is 24.4 Å². The van der Waals surface area contributed by atoms with Gasteiger partial charge < -0.3 is 10.0 Å². The molecule has 1 aliphatic rings. The first-order chi connectivity index (χ1) is 11.9. The number of halogens is 1. The van der Waals surface area contributed by atoms with Crippen LogP contribution < -0.4 is 4.90 Å². The topological polar surface area (TPSA) is 83.7 Å². The summed E-state index contributed by atoms with van der Waals surface area (Å²) < 4.78 is 13.6. The number of fused-ring (bicyclic) bond motifs is 1. The van der Waals surface area contributed by atoms with Gasteiger partial charge >= 0.3 is 0 Å². The molecular weight excluding hydrogens is 327 g/mol. The molecular formula is C18H17FN2O4. The summed E-state index contributed by atoms with van der Waals surface area (Å²) in [7, 11) is 0. The van der Waals surface area contributed by atoms with Crippen LogP contribution in [-0.4, -0.2) is 22.5 Å². The van der Waals surface area contributed by atoms with E-state index in [0.29, 0.717) is 41.8 Å². The molecule has 0 saturated heterocycles. The van der Waals surface area contributed by atoms with Crippen molar-refractivity contribution in [2.75, 3.05) is 11.4 Å². The molecule has 1 heterocycles. The summed E-state index contributed by atoms with van der Waals surface area (Å²) in [6.45, 7) is 2.02. The molecule has 25 heavy (non-hydrogen) atoms. The van der Waals surface area contributed by atoms with Gasteiger partial charge in [0.25, 0.3) is 11.6 Å². The van der Waals surface area contributed by atoms with Gasteiger partial charge in [0.1, 0.15) is 5.82 Å². The zero-order chi connectivity index (χ0) is 18.1. The van der Waals surface area contributed by atoms with Crippen LogP contribution in [0.5, 0.6) is 0 Å². The first kappa shape index (κ1) is 17.0. The minimum atomic E-state index is -0.832. The van der Waals surface area contributed by atoms with Crippen molar-refractivity contribution >= 4 is 17.3 Å². The number of nitro groups is 1. The van der Waals surface area contributed by atoms with Crippen LogP contribution in [0.3, 0.4) is 0 Å². The normalized spacial score (nSPS) is 16.9. The summed E-state index contributed by atoms with van der Waals surface area (Å²) in [4.78, 5) is 24.8. The number of anilines is 1. The van der Waals surface area contributed by atoms with Crippen molar-refractivity contribution in [3.63, 3.8) is 0 Å². The fourth-order valence-corrected chi connectivity index (χ4v) is 3.11. The standard InChI is InChI=1S/C18H17FN2O4/c1-11-9-13(21(24)25)5-6-14(11)18(23)20-8-2-3-17(22)15-10-12(19)4-7-16(15)20/h4-7,9-10,17,22H,2-3,8H2,1H3. The number of amides is 1. The third kappa shape index (κ3) is 3.23. The average molecular weight is 344 g/mol. The third-order valence-corrected chi connectivity index (χ3v) is 4.40. The van der Waals surface area contributed by atoms with E-state index in [1.807, 2.05) is 0 Å². The summed E-state index contributed by atoms with van der Waals surface area (Å²) in [6, 6.07) is 8.05. The molecule has 1 amide bonds. The van der Waals surface area contributed by atoms with Crippen LogP contribution in [0.2, 0.25) is 0 Å². The lowest BCUT2D eigenvalue weighted by molar-refractivity contribution is -0.384. The van der Waals surface area contributed by atoms with Crippen LogP contribution in [0.4, 0.5) is 15.8 Å². The SMILES string of the molecule is Cc1cc([N+](=O)[O-])ccc1C(=O)N1CCCC(O)c2cc(F)ccc21. The number of hydrogen-bond acceptors (Lipinski definition) is 4. The molecule has 1 atom stereocenters. The Morgan fingerprint density at radius 1 is 1.32 bits per heavy atom. The number of nitro benzene ring substituents is 1. The van der Waals surface area contributed by atoms with Gasteiger partial charge in [-0.25, -0.2) is 4.39 Å². The number of nitrogens with zero attached hydrogens (tertiary/aromatic N) is 2. The molecule has 0 aliphatic carbocycles. The number of aliphatic hydroxyl groups is 1. The van der Waals surface area contributed by atoms with Gasteiger partial charge in [-0.05, 0) is 49.6 Å². The molecule has 1 unspecified atom stereocenters. The van der Waals surface area contributed by atoms with E-state index in [4.69, 9.17) is 0 Å². The van der Waals surface area contributed by atoms with Gasteiger partial charge in [-0.3, -0.25) is 14.9 Å². The second kappa shape index (κ2) is 6.60. The highest BCUT2D eigenvalue weighted by Crippen LogP contribution is 2.34. The summed E-state index contributed by atoms with van der Waals surface area (Å²) >= 11 is 0. The average Bonchev–Trinajstić information content (AvgIpc) is 2.73. The number of benzene rings is 2. The molecule has 0 radical (unpaired) electrons. The van der Waals surface area contributed by atoms with Crippen LogP contribution in [-0.2, 0) is 0 Å². The first-order valence-corrected chi connectivity index (χ1v) is 7.93. The van der Waals surface area contributed by atoms with E-state index < -0.39 is 16.8 Å². The molecule has 6 nitrogen and oxygen atoms in total. The molecule has 2 aromatic carbocycles. The monoisotopic (exact) mass is 344 g/mol. The van der Waals surface area contributed by atoms with Gasteiger partial charge in [0.2, 0.25) is 0 Å². The lowest BCUT2D eigenvalue weighted by atomic mass is 10.0. The largest absolute Gasteiger partial charge is 0.388 e. The van der Waals surface area contributed by atoms with Crippen molar-refractivity contribution < 1.29 is 19.2 Å². The zero-order valence-corrected chi connectivity index (χ0v) is 13.6. The Bertz CT molecular complexity index is 853. The Balaban J connectivity index is 2.03. The summed E-state index contributed by atoms with van der Waals surface area (Å²) in [5.74, 6) is -0.798. The van der Waals surface area contributed by atoms with E-state index in [0.717, 1.165) is 0 Å². The summed E-state index contributed by atoms with van der Waals surface area (Å²) in [5.41, 5.74) is 1.60. The van der Waals surface area contributed by atoms with E-state index in [-0.39, 0.29) is 11.6 Å². The van der Waals surface area contributed by atoms with Crippen molar-refractivity contribution in [3.05, 3.63) is 69.0 Å². The lowest BCUT2D eigenvalue weighted by Gasteiger charge is -2.24. The number of non-ortho nitro benzene ring substituents is 1. The second-order valence-corrected chi connectivity index (χ2v) is 6.07. The number of carbonyl (C=O) groups excluding carboxylic acids is 1. The fourth-order valence-electron chi connectivity index (χ4n) is 3.11. The summed E-state index contributed by atoms with van der Waals surface area (Å²) in [6.07, 6.45) is 0.163. The van der Waals surface area contributed by atoms with E-state index in [2.05, 4.69) is 0 Å². The Hall–Kier alpha value is -2.80. The highest BCUT2D eigenvalue weighted by Gasteiger charge is 2.27. The maximum Gasteiger partial charge on any atom is 0.269 e. The number of hydrogen-bond donors (Lipinski definition) is 1. The summed E-state index contributed by atoms with van der Waals surface area (Å²) in [5, 5.41) is 21.1. The van der Waals surface area contributed by atoms with Crippen molar-refractivity contribution in [2.45, 2.75) is 25.9 Å². The maximum atomic E-state index is 13.6. The van der Waals surface area contributed by atoms with Crippen molar-refractivity contribution in [3.8, 4) is 0 Å². The smallest absolute Gasteiger partial charge is 0.269 e. The van der Waals surface area contributed by atoms with Gasteiger partial charge in [-0.1, -0.05) is 0 Å². The van der Waals surface area contributed by atoms with Gasteiger partial charge in [0, 0.05) is 35.5 Å². The Morgan fingerprint density at radius 2 is 2.08 bits per heavy atom. The molecule has 0 spiro atoms. The van der Waals surface area contributed by atoms with Crippen molar-refractivity contribution in [1.82, 2.24) is 0 Å². The highest BCUT2D eigenvalue weighted by atomic mass is 19.1. The van der Waals surface area contributed by atoms with E-state index in [1.165, 1.54) is 41.3 Å². The van der Waals surface area contributed by atoms with E-state index in [1.54, 1.807) is 6.92 Å². The number of aryl methyl sites for hydroxylation is 1. The molecule has 3 rings (SSSR count). The van der Waals surface area contributed by atoms with Crippen LogP contribution >= 0.6 is 0 Å². The molecule has 1 N–H and O–H groups in total. The first-order valence-electron chi connectivity index (χ1n) is 7.93. The van der Waals surface area contributed by atoms with Gasteiger partial charge in [0.05, 0.1) is 11.0 Å². The van der Waals surface area contributed by atoms with Crippen molar-refractivity contribution in [2.24, 2.45) is 0 Å². The molecule has 130 valence electrons.